The topological polar surface area (TPSA) is 15.3 Å². The van der Waals surface area contributed by atoms with Gasteiger partial charge in [0.1, 0.15) is 0 Å². The lowest BCUT2D eigenvalue weighted by atomic mass is 9.84. The van der Waals surface area contributed by atoms with Crippen LogP contribution in [0.3, 0.4) is 0 Å². The van der Waals surface area contributed by atoms with Crippen LogP contribution in [-0.4, -0.2) is 37.6 Å². The predicted octanol–water partition coefficient (Wildman–Crippen LogP) is 2.89. The Labute approximate surface area is 102 Å². The van der Waals surface area contributed by atoms with E-state index in [4.69, 9.17) is 0 Å². The molecular weight excluding hydrogens is 196 g/mol. The first-order chi connectivity index (χ1) is 7.61. The minimum atomic E-state index is 0.672. The van der Waals surface area contributed by atoms with E-state index in [1.54, 1.807) is 0 Å². The predicted molar refractivity (Wildman–Crippen MR) is 71.8 cm³/mol. The largest absolute Gasteiger partial charge is 0.311 e. The van der Waals surface area contributed by atoms with Gasteiger partial charge in [-0.05, 0) is 65.6 Å². The van der Waals surface area contributed by atoms with E-state index in [1.807, 2.05) is 0 Å². The summed E-state index contributed by atoms with van der Waals surface area (Å²) in [6, 6.07) is 1.46. The smallest absolute Gasteiger partial charge is 0.00697 e. The maximum absolute atomic E-state index is 3.79. The fourth-order valence-electron chi connectivity index (χ4n) is 2.67. The van der Waals surface area contributed by atoms with Crippen molar-refractivity contribution in [3.63, 3.8) is 0 Å². The first-order valence-corrected chi connectivity index (χ1v) is 7.02. The highest BCUT2D eigenvalue weighted by Gasteiger charge is 2.20. The molecule has 0 heterocycles. The molecule has 16 heavy (non-hydrogen) atoms. The van der Waals surface area contributed by atoms with E-state index in [-0.39, 0.29) is 0 Å². The minimum absolute atomic E-state index is 0.672. The van der Waals surface area contributed by atoms with Gasteiger partial charge in [0, 0.05) is 12.1 Å². The molecule has 1 saturated carbocycles. The summed E-state index contributed by atoms with van der Waals surface area (Å²) >= 11 is 0. The molecule has 0 aromatic carbocycles. The fraction of sp³-hybridized carbons (Fsp3) is 1.00. The average Bonchev–Trinajstić information content (AvgIpc) is 2.27. The second-order valence-corrected chi connectivity index (χ2v) is 5.79. The minimum Gasteiger partial charge on any atom is -0.311 e. The molecule has 0 aromatic heterocycles. The number of hydrogen-bond acceptors (Lipinski definition) is 2. The molecule has 0 saturated heterocycles. The molecule has 96 valence electrons. The molecule has 2 heteroatoms. The van der Waals surface area contributed by atoms with Crippen LogP contribution in [0.4, 0.5) is 0 Å². The van der Waals surface area contributed by atoms with E-state index in [0.717, 1.165) is 12.0 Å². The first kappa shape index (κ1) is 14.0. The third-order valence-corrected chi connectivity index (χ3v) is 3.95. The molecule has 1 aliphatic rings. The molecule has 0 aromatic rings. The van der Waals surface area contributed by atoms with Crippen LogP contribution in [0, 0.1) is 5.92 Å². The van der Waals surface area contributed by atoms with Crippen LogP contribution < -0.4 is 5.32 Å². The van der Waals surface area contributed by atoms with Crippen LogP contribution in [0.5, 0.6) is 0 Å². The van der Waals surface area contributed by atoms with Gasteiger partial charge in [0.15, 0.2) is 0 Å². The highest BCUT2D eigenvalue weighted by Crippen LogP contribution is 2.26. The normalized spacial score (nSPS) is 28.3. The lowest BCUT2D eigenvalue weighted by molar-refractivity contribution is 0.262. The Morgan fingerprint density at radius 1 is 1.19 bits per heavy atom. The quantitative estimate of drug-likeness (QED) is 0.749. The summed E-state index contributed by atoms with van der Waals surface area (Å²) in [5.41, 5.74) is 0. The van der Waals surface area contributed by atoms with Crippen LogP contribution in [0.2, 0.25) is 0 Å². The van der Waals surface area contributed by atoms with Gasteiger partial charge in [-0.25, -0.2) is 0 Å². The van der Waals surface area contributed by atoms with Crippen LogP contribution in [-0.2, 0) is 0 Å². The highest BCUT2D eigenvalue weighted by molar-refractivity contribution is 4.79. The number of nitrogens with zero attached hydrogens (tertiary/aromatic N) is 1. The second kappa shape index (κ2) is 7.29. The zero-order chi connectivity index (χ0) is 12.0. The SMILES string of the molecule is CCC1CCC(NC(C)CCN(C)C)CC1. The van der Waals surface area contributed by atoms with E-state index in [0.29, 0.717) is 6.04 Å². The van der Waals surface area contributed by atoms with E-state index >= 15 is 0 Å². The molecular formula is C14H30N2. The van der Waals surface area contributed by atoms with Crippen LogP contribution in [0.25, 0.3) is 0 Å². The summed E-state index contributed by atoms with van der Waals surface area (Å²) in [6.45, 7) is 5.85. The Morgan fingerprint density at radius 3 is 2.31 bits per heavy atom. The Balaban J connectivity index is 2.13. The fourth-order valence-corrected chi connectivity index (χ4v) is 2.67. The van der Waals surface area contributed by atoms with Crippen molar-refractivity contribution in [2.45, 2.75) is 64.5 Å². The second-order valence-electron chi connectivity index (χ2n) is 5.79. The zero-order valence-electron chi connectivity index (χ0n) is 11.6. The van der Waals surface area contributed by atoms with E-state index in [1.165, 1.54) is 45.1 Å². The summed E-state index contributed by atoms with van der Waals surface area (Å²) in [5.74, 6) is 1.01. The summed E-state index contributed by atoms with van der Waals surface area (Å²) in [4.78, 5) is 2.27. The van der Waals surface area contributed by atoms with E-state index < -0.39 is 0 Å². The van der Waals surface area contributed by atoms with Gasteiger partial charge in [0.05, 0.1) is 0 Å². The van der Waals surface area contributed by atoms with Crippen molar-refractivity contribution in [3.05, 3.63) is 0 Å². The molecule has 1 atom stereocenters. The number of hydrogen-bond donors (Lipinski definition) is 1. The third kappa shape index (κ3) is 5.31. The molecule has 0 spiro atoms. The molecule has 1 N–H and O–H groups in total. The van der Waals surface area contributed by atoms with Crippen molar-refractivity contribution < 1.29 is 0 Å². The Kier molecular flexibility index (Phi) is 6.37. The van der Waals surface area contributed by atoms with Gasteiger partial charge in [-0.3, -0.25) is 0 Å². The van der Waals surface area contributed by atoms with Crippen molar-refractivity contribution in [3.8, 4) is 0 Å². The molecule has 1 aliphatic carbocycles. The Bertz CT molecular complexity index is 172. The van der Waals surface area contributed by atoms with Crippen molar-refractivity contribution in [2.75, 3.05) is 20.6 Å². The summed E-state index contributed by atoms with van der Waals surface area (Å²) < 4.78 is 0. The molecule has 0 amide bonds. The van der Waals surface area contributed by atoms with Gasteiger partial charge in [-0.15, -0.1) is 0 Å². The molecule has 1 fully saturated rings. The summed E-state index contributed by atoms with van der Waals surface area (Å²) in [7, 11) is 4.30. The number of nitrogens with one attached hydrogen (secondary N) is 1. The van der Waals surface area contributed by atoms with Crippen molar-refractivity contribution in [1.82, 2.24) is 10.2 Å². The van der Waals surface area contributed by atoms with Crippen molar-refractivity contribution in [1.29, 1.82) is 0 Å². The first-order valence-electron chi connectivity index (χ1n) is 7.02. The lowest BCUT2D eigenvalue weighted by Gasteiger charge is -2.31. The van der Waals surface area contributed by atoms with Crippen LogP contribution >= 0.6 is 0 Å². The average molecular weight is 226 g/mol. The molecule has 2 nitrogen and oxygen atoms in total. The van der Waals surface area contributed by atoms with Crippen molar-refractivity contribution in [2.24, 2.45) is 5.92 Å². The monoisotopic (exact) mass is 226 g/mol. The van der Waals surface area contributed by atoms with E-state index in [9.17, 15) is 0 Å². The summed E-state index contributed by atoms with van der Waals surface area (Å²) in [5, 5.41) is 3.79. The van der Waals surface area contributed by atoms with Crippen LogP contribution in [0.1, 0.15) is 52.4 Å². The zero-order valence-corrected chi connectivity index (χ0v) is 11.6. The Hall–Kier alpha value is -0.0800. The molecule has 0 aliphatic heterocycles. The number of rotatable bonds is 6. The Morgan fingerprint density at radius 2 is 1.81 bits per heavy atom. The molecule has 0 bridgehead atoms. The summed E-state index contributed by atoms with van der Waals surface area (Å²) in [6.07, 6.45) is 8.31. The molecule has 1 rings (SSSR count). The van der Waals surface area contributed by atoms with Crippen molar-refractivity contribution >= 4 is 0 Å². The maximum atomic E-state index is 3.79. The van der Waals surface area contributed by atoms with Gasteiger partial charge in [-0.1, -0.05) is 13.3 Å². The molecule has 1 unspecified atom stereocenters. The highest BCUT2D eigenvalue weighted by atomic mass is 15.1. The standard InChI is InChI=1S/C14H30N2/c1-5-13-6-8-14(9-7-13)15-12(2)10-11-16(3)4/h12-15H,5-11H2,1-4H3. The van der Waals surface area contributed by atoms with Gasteiger partial charge >= 0.3 is 0 Å². The van der Waals surface area contributed by atoms with E-state index in [2.05, 4.69) is 38.2 Å². The van der Waals surface area contributed by atoms with Gasteiger partial charge < -0.3 is 10.2 Å². The maximum Gasteiger partial charge on any atom is 0.00697 e. The van der Waals surface area contributed by atoms with Crippen LogP contribution in [0.15, 0.2) is 0 Å². The molecule has 0 radical (unpaired) electrons. The van der Waals surface area contributed by atoms with Gasteiger partial charge in [0.2, 0.25) is 0 Å². The van der Waals surface area contributed by atoms with Gasteiger partial charge in [-0.2, -0.15) is 0 Å². The van der Waals surface area contributed by atoms with Gasteiger partial charge in [0.25, 0.3) is 0 Å². The third-order valence-electron chi connectivity index (χ3n) is 3.95. The lowest BCUT2D eigenvalue weighted by Crippen LogP contribution is -2.40.